The molecule has 0 bridgehead atoms. The van der Waals surface area contributed by atoms with Crippen LogP contribution in [-0.4, -0.2) is 46.6 Å². The molecule has 2 atom stereocenters. The van der Waals surface area contributed by atoms with Gasteiger partial charge in [-0.05, 0) is 56.2 Å². The van der Waals surface area contributed by atoms with Crippen LogP contribution in [0, 0.1) is 11.7 Å². The first-order chi connectivity index (χ1) is 18.4. The molecule has 1 saturated heterocycles. The lowest BCUT2D eigenvalue weighted by atomic mass is 9.97. The number of likely N-dealkylation sites (tertiary alicyclic amines) is 1. The molecule has 38 heavy (non-hydrogen) atoms. The summed E-state index contributed by atoms with van der Waals surface area (Å²) in [6.07, 6.45) is 1.31. The molecule has 5 rings (SSSR count). The van der Waals surface area contributed by atoms with Gasteiger partial charge >= 0.3 is 5.97 Å². The molecule has 0 N–H and O–H groups in total. The first-order valence-corrected chi connectivity index (χ1v) is 13.7. The lowest BCUT2D eigenvalue weighted by Crippen LogP contribution is -2.43. The van der Waals surface area contributed by atoms with E-state index in [1.54, 1.807) is 72.5 Å². The lowest BCUT2D eigenvalue weighted by Gasteiger charge is -2.32. The van der Waals surface area contributed by atoms with Gasteiger partial charge < -0.3 is 14.5 Å². The van der Waals surface area contributed by atoms with Crippen molar-refractivity contribution in [3.05, 3.63) is 89.2 Å². The van der Waals surface area contributed by atoms with Gasteiger partial charge in [0.1, 0.15) is 5.82 Å². The molecule has 1 fully saturated rings. The largest absolute Gasteiger partial charge is 0.466 e. The minimum absolute atomic E-state index is 0.101. The van der Waals surface area contributed by atoms with E-state index in [0.717, 1.165) is 0 Å². The van der Waals surface area contributed by atoms with Crippen LogP contribution in [0.2, 0.25) is 0 Å². The van der Waals surface area contributed by atoms with E-state index in [2.05, 4.69) is 0 Å². The van der Waals surface area contributed by atoms with Gasteiger partial charge in [-0.15, -0.1) is 0 Å². The van der Waals surface area contributed by atoms with Crippen LogP contribution in [-0.2, 0) is 26.9 Å². The zero-order chi connectivity index (χ0) is 26.8. The number of benzene rings is 3. The summed E-state index contributed by atoms with van der Waals surface area (Å²) in [5, 5.41) is 0. The van der Waals surface area contributed by atoms with E-state index in [-0.39, 0.29) is 42.8 Å². The fourth-order valence-electron chi connectivity index (χ4n) is 4.95. The molecule has 2 aliphatic rings. The molecule has 3 aromatic carbocycles. The molecule has 0 unspecified atom stereocenters. The summed E-state index contributed by atoms with van der Waals surface area (Å²) < 4.78 is 33.4. The second kappa shape index (κ2) is 10.9. The number of nitrogens with zero attached hydrogens (tertiary/aromatic N) is 2. The van der Waals surface area contributed by atoms with Gasteiger partial charge in [0.2, 0.25) is 0 Å². The van der Waals surface area contributed by atoms with Gasteiger partial charge in [0.25, 0.3) is 11.8 Å². The molecule has 3 aromatic rings. The minimum atomic E-state index is -1.70. The van der Waals surface area contributed by atoms with E-state index in [4.69, 9.17) is 4.74 Å². The predicted octanol–water partition coefficient (Wildman–Crippen LogP) is 4.57. The highest BCUT2D eigenvalue weighted by Crippen LogP contribution is 2.36. The maximum atomic E-state index is 14.6. The van der Waals surface area contributed by atoms with E-state index in [9.17, 15) is 23.0 Å². The van der Waals surface area contributed by atoms with Gasteiger partial charge in [-0.3, -0.25) is 14.4 Å². The van der Waals surface area contributed by atoms with E-state index in [0.29, 0.717) is 40.3 Å². The van der Waals surface area contributed by atoms with Crippen molar-refractivity contribution in [3.8, 4) is 0 Å². The van der Waals surface area contributed by atoms with Crippen LogP contribution in [0.5, 0.6) is 0 Å². The summed E-state index contributed by atoms with van der Waals surface area (Å²) in [5.74, 6) is -1.91. The molecule has 2 heterocycles. The second-order valence-electron chi connectivity index (χ2n) is 9.27. The zero-order valence-electron chi connectivity index (χ0n) is 20.9. The molecule has 2 aliphatic heterocycles. The molecular formula is C29H27FN2O5S. The van der Waals surface area contributed by atoms with Gasteiger partial charge in [0.15, 0.2) is 0 Å². The number of amides is 2. The Bertz CT molecular complexity index is 1440. The number of hydrogen-bond donors (Lipinski definition) is 0. The van der Waals surface area contributed by atoms with Crippen LogP contribution in [0.25, 0.3) is 0 Å². The van der Waals surface area contributed by atoms with Crippen molar-refractivity contribution in [1.82, 2.24) is 4.90 Å². The smallest absolute Gasteiger partial charge is 0.310 e. The molecule has 0 saturated carbocycles. The third-order valence-electron chi connectivity index (χ3n) is 6.87. The Kier molecular flexibility index (Phi) is 7.37. The third kappa shape index (κ3) is 4.86. The molecule has 0 radical (unpaired) electrons. The van der Waals surface area contributed by atoms with Crippen molar-refractivity contribution < 1.29 is 27.7 Å². The highest BCUT2D eigenvalue weighted by Gasteiger charge is 2.34. The maximum Gasteiger partial charge on any atom is 0.310 e. The van der Waals surface area contributed by atoms with Crippen LogP contribution < -0.4 is 4.90 Å². The highest BCUT2D eigenvalue weighted by atomic mass is 32.2. The number of piperidine rings is 1. The lowest BCUT2D eigenvalue weighted by molar-refractivity contribution is -0.149. The zero-order valence-corrected chi connectivity index (χ0v) is 21.7. The van der Waals surface area contributed by atoms with Crippen LogP contribution in [0.3, 0.4) is 0 Å². The van der Waals surface area contributed by atoms with E-state index in [1.807, 2.05) is 0 Å². The highest BCUT2D eigenvalue weighted by molar-refractivity contribution is 7.85. The molecule has 2 amide bonds. The van der Waals surface area contributed by atoms with Crippen molar-refractivity contribution in [1.29, 1.82) is 0 Å². The number of ether oxygens (including phenoxy) is 1. The minimum Gasteiger partial charge on any atom is -0.466 e. The van der Waals surface area contributed by atoms with Crippen LogP contribution >= 0.6 is 0 Å². The van der Waals surface area contributed by atoms with Crippen LogP contribution in [0.15, 0.2) is 76.5 Å². The SMILES string of the molecule is CCOC(=O)[C@H]1CCCN(C(=O)c2ccc3c(c2)N(Cc2ccccc2F)C(=O)c2ccccc2[S@@]3=O)C1. The molecule has 0 aliphatic carbocycles. The summed E-state index contributed by atoms with van der Waals surface area (Å²) in [6.45, 7) is 2.65. The number of anilines is 1. The number of hydrogen-bond acceptors (Lipinski definition) is 5. The van der Waals surface area contributed by atoms with Gasteiger partial charge in [-0.25, -0.2) is 8.60 Å². The fraction of sp³-hybridized carbons (Fsp3) is 0.276. The van der Waals surface area contributed by atoms with Crippen LogP contribution in [0.4, 0.5) is 10.1 Å². The van der Waals surface area contributed by atoms with Crippen molar-refractivity contribution >= 4 is 34.3 Å². The molecule has 7 nitrogen and oxygen atoms in total. The van der Waals surface area contributed by atoms with Crippen molar-refractivity contribution in [2.45, 2.75) is 36.1 Å². The Labute approximate surface area is 222 Å². The molecule has 0 spiro atoms. The van der Waals surface area contributed by atoms with E-state index < -0.39 is 28.4 Å². The monoisotopic (exact) mass is 534 g/mol. The summed E-state index contributed by atoms with van der Waals surface area (Å²) >= 11 is 0. The second-order valence-corrected chi connectivity index (χ2v) is 10.7. The molecular weight excluding hydrogens is 507 g/mol. The van der Waals surface area contributed by atoms with Gasteiger partial charge in [-0.2, -0.15) is 0 Å². The van der Waals surface area contributed by atoms with Crippen molar-refractivity contribution in [3.63, 3.8) is 0 Å². The van der Waals surface area contributed by atoms with Gasteiger partial charge in [-0.1, -0.05) is 30.3 Å². The average Bonchev–Trinajstić information content (AvgIpc) is 3.03. The Balaban J connectivity index is 1.54. The molecule has 196 valence electrons. The first-order valence-electron chi connectivity index (χ1n) is 12.5. The summed E-state index contributed by atoms with van der Waals surface area (Å²) in [6, 6.07) is 17.5. The van der Waals surface area contributed by atoms with Gasteiger partial charge in [0.05, 0.1) is 50.9 Å². The van der Waals surface area contributed by atoms with Gasteiger partial charge in [0, 0.05) is 24.2 Å². The molecule has 0 aromatic heterocycles. The third-order valence-corrected chi connectivity index (χ3v) is 8.37. The fourth-order valence-corrected chi connectivity index (χ4v) is 6.29. The van der Waals surface area contributed by atoms with E-state index >= 15 is 0 Å². The summed E-state index contributed by atoms with van der Waals surface area (Å²) in [5.41, 5.74) is 1.14. The van der Waals surface area contributed by atoms with Crippen molar-refractivity contribution in [2.75, 3.05) is 24.6 Å². The number of rotatable bonds is 5. The number of esters is 1. The first kappa shape index (κ1) is 25.8. The standard InChI is InChI=1S/C29H27FN2O5S/c1-2-37-29(35)21-9-7-15-31(17-21)27(33)19-13-14-26-24(16-19)32(18-20-8-3-5-11-23(20)30)28(34)22-10-4-6-12-25(22)38(26)36/h3-6,8,10-14,16,21H,2,7,9,15,17-18H2,1H3/t21-,38-/m0/s1. The number of carbonyl (C=O) groups is 3. The van der Waals surface area contributed by atoms with E-state index in [1.165, 1.54) is 11.0 Å². The summed E-state index contributed by atoms with van der Waals surface area (Å²) in [7, 11) is -1.70. The Morgan fingerprint density at radius 2 is 1.82 bits per heavy atom. The Hall–Kier alpha value is -3.85. The molecule has 9 heteroatoms. The maximum absolute atomic E-state index is 14.6. The number of fused-ring (bicyclic) bond motifs is 2. The van der Waals surface area contributed by atoms with Crippen molar-refractivity contribution in [2.24, 2.45) is 5.92 Å². The Morgan fingerprint density at radius 1 is 1.05 bits per heavy atom. The number of carbonyl (C=O) groups excluding carboxylic acids is 3. The average molecular weight is 535 g/mol. The normalized spacial score (nSPS) is 18.8. The van der Waals surface area contributed by atoms with Crippen LogP contribution in [0.1, 0.15) is 46.0 Å². The topological polar surface area (TPSA) is 84.0 Å². The summed E-state index contributed by atoms with van der Waals surface area (Å²) in [4.78, 5) is 43.3. The Morgan fingerprint density at radius 3 is 2.61 bits per heavy atom. The quantitative estimate of drug-likeness (QED) is 0.448. The number of halogens is 1. The predicted molar refractivity (Wildman–Crippen MR) is 140 cm³/mol.